The molecule has 0 aliphatic carbocycles. The van der Waals surface area contributed by atoms with E-state index in [1.54, 1.807) is 11.8 Å². The van der Waals surface area contributed by atoms with E-state index in [0.717, 1.165) is 22.3 Å². The quantitative estimate of drug-likeness (QED) is 0.702. The Hall–Kier alpha value is -2.93. The summed E-state index contributed by atoms with van der Waals surface area (Å²) in [5.74, 6) is 0.699. The molecule has 3 rings (SSSR count). The second-order valence-corrected chi connectivity index (χ2v) is 6.30. The maximum Gasteiger partial charge on any atom is 0.241 e. The molecule has 0 spiro atoms. The van der Waals surface area contributed by atoms with Crippen molar-refractivity contribution in [2.24, 2.45) is 0 Å². The lowest BCUT2D eigenvalue weighted by atomic mass is 10.1. The minimum Gasteiger partial charge on any atom is -0.497 e. The molecule has 0 fully saturated rings. The predicted octanol–water partition coefficient (Wildman–Crippen LogP) is 1.86. The number of aromatic nitrogens is 3. The molecule has 1 N–H and O–H groups in total. The Labute approximate surface area is 152 Å². The lowest BCUT2D eigenvalue weighted by Gasteiger charge is -2.25. The number of ether oxygens (including phenoxy) is 1. The van der Waals surface area contributed by atoms with Crippen LogP contribution in [0.4, 0.5) is 0 Å². The Bertz CT molecular complexity index is 890. The number of carbonyl (C=O) groups excluding carboxylic acids is 1. The minimum atomic E-state index is -0.101. The highest BCUT2D eigenvalue weighted by Crippen LogP contribution is 2.22. The van der Waals surface area contributed by atoms with Gasteiger partial charge in [-0.1, -0.05) is 29.5 Å². The molecule has 1 atom stereocenters. The van der Waals surface area contributed by atoms with Crippen LogP contribution in [0, 0.1) is 0 Å². The first-order chi connectivity index (χ1) is 12.6. The molecular formula is C19H23N5O2. The second-order valence-electron chi connectivity index (χ2n) is 6.30. The third-order valence-electron chi connectivity index (χ3n) is 4.31. The highest BCUT2D eigenvalue weighted by atomic mass is 16.5. The average Bonchev–Trinajstić information content (AvgIpc) is 3.05. The molecular weight excluding hydrogens is 330 g/mol. The molecule has 0 saturated carbocycles. The predicted molar refractivity (Wildman–Crippen MR) is 100.0 cm³/mol. The Kier molecular flexibility index (Phi) is 5.48. The van der Waals surface area contributed by atoms with Crippen molar-refractivity contribution in [3.8, 4) is 5.75 Å². The standard InChI is InChI=1S/C19H23N5O2/c1-23(2)18(14-7-6-8-15(11-14)26-3)12-20-19(25)13-24-17-10-5-4-9-16(17)21-22-24/h4-11,18H,12-13H2,1-3H3,(H,20,25). The summed E-state index contributed by atoms with van der Waals surface area (Å²) in [5.41, 5.74) is 2.71. The first-order valence-electron chi connectivity index (χ1n) is 8.44. The van der Waals surface area contributed by atoms with Crippen LogP contribution in [0.3, 0.4) is 0 Å². The van der Waals surface area contributed by atoms with E-state index >= 15 is 0 Å². The minimum absolute atomic E-state index is 0.0431. The number of fused-ring (bicyclic) bond motifs is 1. The first-order valence-corrected chi connectivity index (χ1v) is 8.44. The van der Waals surface area contributed by atoms with Crippen LogP contribution in [0.2, 0.25) is 0 Å². The van der Waals surface area contributed by atoms with Crippen molar-refractivity contribution in [3.63, 3.8) is 0 Å². The topological polar surface area (TPSA) is 72.3 Å². The molecule has 0 saturated heterocycles. The number of nitrogens with one attached hydrogen (secondary N) is 1. The van der Waals surface area contributed by atoms with Crippen LogP contribution in [-0.4, -0.2) is 53.6 Å². The van der Waals surface area contributed by atoms with E-state index in [1.165, 1.54) is 0 Å². The van der Waals surface area contributed by atoms with Gasteiger partial charge >= 0.3 is 0 Å². The zero-order valence-electron chi connectivity index (χ0n) is 15.2. The van der Waals surface area contributed by atoms with Crippen LogP contribution in [0.15, 0.2) is 48.5 Å². The second kappa shape index (κ2) is 7.97. The van der Waals surface area contributed by atoms with Crippen LogP contribution in [0.5, 0.6) is 5.75 Å². The average molecular weight is 353 g/mol. The van der Waals surface area contributed by atoms with Crippen LogP contribution < -0.4 is 10.1 Å². The van der Waals surface area contributed by atoms with E-state index in [2.05, 4.69) is 20.5 Å². The number of likely N-dealkylation sites (N-methyl/N-ethyl adjacent to an activating group) is 1. The van der Waals surface area contributed by atoms with Gasteiger partial charge in [0.05, 0.1) is 18.7 Å². The smallest absolute Gasteiger partial charge is 0.241 e. The van der Waals surface area contributed by atoms with Crippen molar-refractivity contribution >= 4 is 16.9 Å². The molecule has 1 heterocycles. The highest BCUT2D eigenvalue weighted by Gasteiger charge is 2.16. The Balaban J connectivity index is 1.66. The van der Waals surface area contributed by atoms with Crippen molar-refractivity contribution in [2.75, 3.05) is 27.7 Å². The number of para-hydroxylation sites is 1. The molecule has 1 unspecified atom stereocenters. The van der Waals surface area contributed by atoms with Gasteiger partial charge in [0.2, 0.25) is 5.91 Å². The first kappa shape index (κ1) is 17.9. The number of carbonyl (C=O) groups is 1. The summed E-state index contributed by atoms with van der Waals surface area (Å²) in [7, 11) is 5.62. The number of hydrogen-bond donors (Lipinski definition) is 1. The summed E-state index contributed by atoms with van der Waals surface area (Å²) < 4.78 is 6.91. The molecule has 0 aliphatic heterocycles. The van der Waals surface area contributed by atoms with Crippen molar-refractivity contribution < 1.29 is 9.53 Å². The van der Waals surface area contributed by atoms with E-state index in [9.17, 15) is 4.79 Å². The van der Waals surface area contributed by atoms with Gasteiger partial charge in [-0.15, -0.1) is 5.10 Å². The third-order valence-corrected chi connectivity index (χ3v) is 4.31. The highest BCUT2D eigenvalue weighted by molar-refractivity contribution is 5.79. The largest absolute Gasteiger partial charge is 0.497 e. The van der Waals surface area contributed by atoms with Gasteiger partial charge in [0.15, 0.2) is 0 Å². The normalized spacial score (nSPS) is 12.3. The molecule has 7 nitrogen and oxygen atoms in total. The summed E-state index contributed by atoms with van der Waals surface area (Å²) in [6.45, 7) is 0.629. The molecule has 7 heteroatoms. The van der Waals surface area contributed by atoms with E-state index in [1.807, 2.05) is 62.6 Å². The van der Waals surface area contributed by atoms with Gasteiger partial charge in [-0.25, -0.2) is 4.68 Å². The van der Waals surface area contributed by atoms with Crippen LogP contribution >= 0.6 is 0 Å². The number of methoxy groups -OCH3 is 1. The summed E-state index contributed by atoms with van der Waals surface area (Å²) >= 11 is 0. The van der Waals surface area contributed by atoms with Gasteiger partial charge in [0, 0.05) is 6.54 Å². The van der Waals surface area contributed by atoms with Gasteiger partial charge in [0.25, 0.3) is 0 Å². The molecule has 1 amide bonds. The molecule has 0 radical (unpaired) electrons. The SMILES string of the molecule is COc1cccc(C(CNC(=O)Cn2nnc3ccccc32)N(C)C)c1. The number of benzene rings is 2. The Morgan fingerprint density at radius 1 is 1.23 bits per heavy atom. The Morgan fingerprint density at radius 3 is 2.81 bits per heavy atom. The summed E-state index contributed by atoms with van der Waals surface area (Å²) in [6.07, 6.45) is 0. The number of hydrogen-bond acceptors (Lipinski definition) is 5. The lowest BCUT2D eigenvalue weighted by molar-refractivity contribution is -0.122. The fourth-order valence-corrected chi connectivity index (χ4v) is 2.88. The molecule has 3 aromatic rings. The summed E-state index contributed by atoms with van der Waals surface area (Å²) in [4.78, 5) is 14.5. The molecule has 26 heavy (non-hydrogen) atoms. The van der Waals surface area contributed by atoms with Gasteiger partial charge in [-0.05, 0) is 43.9 Å². The summed E-state index contributed by atoms with van der Waals surface area (Å²) in [6, 6.07) is 15.5. The maximum absolute atomic E-state index is 12.4. The van der Waals surface area contributed by atoms with Gasteiger partial charge < -0.3 is 15.0 Å². The van der Waals surface area contributed by atoms with Crippen molar-refractivity contribution in [1.29, 1.82) is 0 Å². The molecule has 0 aliphatic rings. The fraction of sp³-hybridized carbons (Fsp3) is 0.316. The molecule has 0 bridgehead atoms. The molecule has 136 valence electrons. The third kappa shape index (κ3) is 4.00. The number of rotatable bonds is 7. The van der Waals surface area contributed by atoms with Crippen LogP contribution in [0.25, 0.3) is 11.0 Å². The monoisotopic (exact) mass is 353 g/mol. The van der Waals surface area contributed by atoms with E-state index < -0.39 is 0 Å². The molecule has 1 aromatic heterocycles. The number of nitrogens with zero attached hydrogens (tertiary/aromatic N) is 4. The molecule has 2 aromatic carbocycles. The van der Waals surface area contributed by atoms with Crippen molar-refractivity contribution in [3.05, 3.63) is 54.1 Å². The van der Waals surface area contributed by atoms with Crippen molar-refractivity contribution in [2.45, 2.75) is 12.6 Å². The summed E-state index contributed by atoms with van der Waals surface area (Å²) in [5, 5.41) is 11.1. The van der Waals surface area contributed by atoms with E-state index in [4.69, 9.17) is 4.74 Å². The Morgan fingerprint density at radius 2 is 2.04 bits per heavy atom. The van der Waals surface area contributed by atoms with Crippen molar-refractivity contribution in [1.82, 2.24) is 25.2 Å². The number of amides is 1. The van der Waals surface area contributed by atoms with Gasteiger partial charge in [0.1, 0.15) is 17.8 Å². The fourth-order valence-electron chi connectivity index (χ4n) is 2.88. The zero-order chi connectivity index (χ0) is 18.5. The van der Waals surface area contributed by atoms with Gasteiger partial charge in [-0.3, -0.25) is 4.79 Å². The van der Waals surface area contributed by atoms with Crippen LogP contribution in [-0.2, 0) is 11.3 Å². The lowest BCUT2D eigenvalue weighted by Crippen LogP contribution is -2.36. The van der Waals surface area contributed by atoms with E-state index in [0.29, 0.717) is 6.54 Å². The van der Waals surface area contributed by atoms with Crippen LogP contribution in [0.1, 0.15) is 11.6 Å². The maximum atomic E-state index is 12.4. The van der Waals surface area contributed by atoms with E-state index in [-0.39, 0.29) is 18.5 Å². The zero-order valence-corrected chi connectivity index (χ0v) is 15.2. The van der Waals surface area contributed by atoms with Gasteiger partial charge in [-0.2, -0.15) is 0 Å².